The average Bonchev–Trinajstić information content (AvgIpc) is 3.42. The van der Waals surface area contributed by atoms with E-state index in [0.29, 0.717) is 25.0 Å². The Bertz CT molecular complexity index is 1150. The quantitative estimate of drug-likeness (QED) is 0.392. The second-order valence-electron chi connectivity index (χ2n) is 10.6. The molecule has 3 aliphatic rings. The van der Waals surface area contributed by atoms with Gasteiger partial charge in [0.1, 0.15) is 11.4 Å². The summed E-state index contributed by atoms with van der Waals surface area (Å²) in [7, 11) is 2.17. The summed E-state index contributed by atoms with van der Waals surface area (Å²) in [6.45, 7) is 4.78. The first-order valence-electron chi connectivity index (χ1n) is 13.6. The zero-order valence-corrected chi connectivity index (χ0v) is 21.9. The van der Waals surface area contributed by atoms with Crippen molar-refractivity contribution in [3.05, 3.63) is 35.5 Å². The Labute approximate surface area is 221 Å². The summed E-state index contributed by atoms with van der Waals surface area (Å²) in [5.74, 6) is -0.0529. The van der Waals surface area contributed by atoms with E-state index >= 15 is 0 Å². The number of likely N-dealkylation sites (tertiary alicyclic amines) is 1. The molecule has 2 aromatic rings. The van der Waals surface area contributed by atoms with Crippen LogP contribution in [0.4, 0.5) is 36.3 Å². The van der Waals surface area contributed by atoms with Crippen LogP contribution in [0.5, 0.6) is 0 Å². The maximum atomic E-state index is 13.6. The van der Waals surface area contributed by atoms with Gasteiger partial charge in [0.2, 0.25) is 11.9 Å². The van der Waals surface area contributed by atoms with Crippen molar-refractivity contribution in [3.8, 4) is 0 Å². The largest absolute Gasteiger partial charge is 0.421 e. The van der Waals surface area contributed by atoms with Gasteiger partial charge in [-0.25, -0.2) is 4.98 Å². The van der Waals surface area contributed by atoms with E-state index in [1.807, 2.05) is 6.07 Å². The van der Waals surface area contributed by atoms with Crippen molar-refractivity contribution >= 4 is 29.0 Å². The molecule has 0 radical (unpaired) electrons. The van der Waals surface area contributed by atoms with Gasteiger partial charge in [-0.1, -0.05) is 13.3 Å². The van der Waals surface area contributed by atoms with Crippen LogP contribution in [0, 0.1) is 5.92 Å². The summed E-state index contributed by atoms with van der Waals surface area (Å²) in [6.07, 6.45) is 1.55. The van der Waals surface area contributed by atoms with E-state index < -0.39 is 11.7 Å². The van der Waals surface area contributed by atoms with Crippen molar-refractivity contribution < 1.29 is 18.0 Å². The summed E-state index contributed by atoms with van der Waals surface area (Å²) in [4.78, 5) is 25.0. The molecule has 1 amide bonds. The number of amides is 1. The van der Waals surface area contributed by atoms with Crippen LogP contribution in [0.15, 0.2) is 24.4 Å². The van der Waals surface area contributed by atoms with E-state index in [0.717, 1.165) is 56.2 Å². The first kappa shape index (κ1) is 26.5. The Morgan fingerprint density at radius 3 is 2.61 bits per heavy atom. The number of fused-ring (bicyclic) bond motifs is 2. The molecule has 2 bridgehead atoms. The van der Waals surface area contributed by atoms with Gasteiger partial charge in [-0.15, -0.1) is 0 Å². The van der Waals surface area contributed by atoms with Gasteiger partial charge in [0.25, 0.3) is 0 Å². The van der Waals surface area contributed by atoms with Crippen LogP contribution in [-0.4, -0.2) is 66.1 Å². The predicted octanol–water partition coefficient (Wildman–Crippen LogP) is 4.41. The maximum absolute atomic E-state index is 13.6. The number of hydrogen-bond donors (Lipinski definition) is 3. The Hall–Kier alpha value is -3.08. The molecule has 3 heterocycles. The van der Waals surface area contributed by atoms with Gasteiger partial charge in [0, 0.05) is 61.8 Å². The lowest BCUT2D eigenvalue weighted by molar-refractivity contribution is -0.137. The molecule has 2 atom stereocenters. The number of aryl methyl sites for hydroxylation is 1. The number of halogens is 3. The Morgan fingerprint density at radius 1 is 1.16 bits per heavy atom. The zero-order valence-electron chi connectivity index (χ0n) is 21.9. The average molecular weight is 532 g/mol. The minimum absolute atomic E-state index is 0.0306. The molecule has 1 aliphatic carbocycles. The number of alkyl halides is 3. The molecule has 0 spiro atoms. The normalized spacial score (nSPS) is 21.4. The second-order valence-corrected chi connectivity index (χ2v) is 10.6. The predicted molar refractivity (Wildman–Crippen MR) is 142 cm³/mol. The summed E-state index contributed by atoms with van der Waals surface area (Å²) < 4.78 is 40.8. The summed E-state index contributed by atoms with van der Waals surface area (Å²) in [5, 5.41) is 8.78. The Balaban J connectivity index is 1.24. The van der Waals surface area contributed by atoms with E-state index in [4.69, 9.17) is 0 Å². The number of hydrogen-bond acceptors (Lipinski definition) is 7. The number of rotatable bonds is 10. The molecule has 2 aliphatic heterocycles. The fourth-order valence-corrected chi connectivity index (χ4v) is 5.58. The fraction of sp³-hybridized carbons (Fsp3) is 0.593. The molecule has 2 saturated heterocycles. The molecule has 206 valence electrons. The van der Waals surface area contributed by atoms with Crippen molar-refractivity contribution in [1.82, 2.24) is 20.2 Å². The number of carbonyl (C=O) groups is 1. The molecule has 1 aromatic carbocycles. The second kappa shape index (κ2) is 11.0. The van der Waals surface area contributed by atoms with Crippen molar-refractivity contribution in [1.29, 1.82) is 0 Å². The number of likely N-dealkylation sites (N-methyl/N-ethyl adjacent to an activating group) is 1. The molecule has 3 fully saturated rings. The van der Waals surface area contributed by atoms with Crippen LogP contribution < -0.4 is 20.9 Å². The first-order chi connectivity index (χ1) is 18.2. The third-order valence-corrected chi connectivity index (χ3v) is 8.08. The number of nitrogens with one attached hydrogen (secondary N) is 3. The third kappa shape index (κ3) is 5.67. The van der Waals surface area contributed by atoms with Crippen molar-refractivity contribution in [2.45, 2.75) is 63.7 Å². The Morgan fingerprint density at radius 2 is 1.97 bits per heavy atom. The number of piperazine rings is 1. The van der Waals surface area contributed by atoms with Crippen molar-refractivity contribution in [3.63, 3.8) is 0 Å². The minimum atomic E-state index is -4.58. The number of benzene rings is 1. The van der Waals surface area contributed by atoms with Gasteiger partial charge in [-0.2, -0.15) is 18.2 Å². The van der Waals surface area contributed by atoms with Crippen LogP contribution in [-0.2, 0) is 17.4 Å². The van der Waals surface area contributed by atoms with Gasteiger partial charge in [-0.3, -0.25) is 9.69 Å². The SMILES string of the molecule is CCc1cc(N2CC3CC2CN3C)ccc1Nc1ncc(C(F)(F)F)c(NCCCNC(=O)C2CCC2)n1. The Kier molecular flexibility index (Phi) is 7.65. The highest BCUT2D eigenvalue weighted by molar-refractivity contribution is 5.79. The van der Waals surface area contributed by atoms with Crippen LogP contribution in [0.25, 0.3) is 0 Å². The molecule has 2 unspecified atom stereocenters. The minimum Gasteiger partial charge on any atom is -0.369 e. The standard InChI is InChI=1S/C27H36F3N7O/c1-3-17-12-19(37-16-20-13-21(37)15-36(20)2)8-9-23(17)34-26-33-14-22(27(28,29)30)24(35-26)31-10-5-11-32-25(38)18-6-4-7-18/h8-9,12,14,18,20-21H,3-7,10-11,13,15-16H2,1-2H3,(H,32,38)(H2,31,33,34,35). The molecular weight excluding hydrogens is 495 g/mol. The van der Waals surface area contributed by atoms with Crippen molar-refractivity contribution in [2.24, 2.45) is 5.92 Å². The number of anilines is 4. The monoisotopic (exact) mass is 531 g/mol. The summed E-state index contributed by atoms with van der Waals surface area (Å²) in [5.41, 5.74) is 2.09. The first-order valence-corrected chi connectivity index (χ1v) is 13.6. The van der Waals surface area contributed by atoms with E-state index in [2.05, 4.69) is 61.8 Å². The van der Waals surface area contributed by atoms with E-state index in [-0.39, 0.29) is 30.1 Å². The van der Waals surface area contributed by atoms with Crippen molar-refractivity contribution in [2.75, 3.05) is 48.8 Å². The van der Waals surface area contributed by atoms with Gasteiger partial charge in [-0.05, 0) is 62.9 Å². The van der Waals surface area contributed by atoms with Gasteiger partial charge in [0.05, 0.1) is 0 Å². The molecule has 1 aromatic heterocycles. The molecule has 8 nitrogen and oxygen atoms in total. The van der Waals surface area contributed by atoms with Crippen LogP contribution >= 0.6 is 0 Å². The van der Waals surface area contributed by atoms with Crippen LogP contribution in [0.1, 0.15) is 50.2 Å². The lowest BCUT2D eigenvalue weighted by Crippen LogP contribution is -2.44. The van der Waals surface area contributed by atoms with Gasteiger partial charge >= 0.3 is 6.18 Å². The molecule has 38 heavy (non-hydrogen) atoms. The molecule has 11 heteroatoms. The van der Waals surface area contributed by atoms with Crippen LogP contribution in [0.3, 0.4) is 0 Å². The smallest absolute Gasteiger partial charge is 0.369 e. The highest BCUT2D eigenvalue weighted by Crippen LogP contribution is 2.37. The molecule has 3 N–H and O–H groups in total. The number of nitrogens with zero attached hydrogens (tertiary/aromatic N) is 4. The van der Waals surface area contributed by atoms with E-state index in [1.165, 1.54) is 12.1 Å². The fourth-order valence-electron chi connectivity index (χ4n) is 5.58. The lowest BCUT2D eigenvalue weighted by Gasteiger charge is -2.34. The highest BCUT2D eigenvalue weighted by atomic mass is 19.4. The third-order valence-electron chi connectivity index (χ3n) is 8.08. The summed E-state index contributed by atoms with van der Waals surface area (Å²) in [6, 6.07) is 7.29. The zero-order chi connectivity index (χ0) is 26.9. The number of carbonyl (C=O) groups excluding carboxylic acids is 1. The molecule has 1 saturated carbocycles. The topological polar surface area (TPSA) is 85.4 Å². The van der Waals surface area contributed by atoms with Gasteiger partial charge in [0.15, 0.2) is 0 Å². The number of aromatic nitrogens is 2. The summed E-state index contributed by atoms with van der Waals surface area (Å²) >= 11 is 0. The lowest BCUT2D eigenvalue weighted by atomic mass is 9.85. The maximum Gasteiger partial charge on any atom is 0.421 e. The molecule has 5 rings (SSSR count). The van der Waals surface area contributed by atoms with E-state index in [9.17, 15) is 18.0 Å². The molecular formula is C27H36F3N7O. The van der Waals surface area contributed by atoms with E-state index in [1.54, 1.807) is 0 Å². The highest BCUT2D eigenvalue weighted by Gasteiger charge is 2.41. The van der Waals surface area contributed by atoms with Gasteiger partial charge < -0.3 is 20.9 Å². The van der Waals surface area contributed by atoms with Crippen LogP contribution in [0.2, 0.25) is 0 Å².